The first-order valence-electron chi connectivity index (χ1n) is 7.61. The van der Waals surface area contributed by atoms with E-state index in [0.717, 1.165) is 38.4 Å². The van der Waals surface area contributed by atoms with E-state index < -0.39 is 9.84 Å². The van der Waals surface area contributed by atoms with Crippen LogP contribution in [0.2, 0.25) is 0 Å². The number of rotatable bonds is 3. The maximum atomic E-state index is 12.0. The van der Waals surface area contributed by atoms with E-state index >= 15 is 0 Å². The van der Waals surface area contributed by atoms with Gasteiger partial charge in [-0.05, 0) is 45.4 Å². The van der Waals surface area contributed by atoms with Crippen molar-refractivity contribution in [3.8, 4) is 0 Å². The third-order valence-corrected chi connectivity index (χ3v) is 7.59. The molecule has 3 aliphatic rings. The van der Waals surface area contributed by atoms with E-state index in [2.05, 4.69) is 24.1 Å². The van der Waals surface area contributed by atoms with Crippen LogP contribution in [0.3, 0.4) is 0 Å². The summed E-state index contributed by atoms with van der Waals surface area (Å²) in [7, 11) is -2.81. The van der Waals surface area contributed by atoms with Crippen LogP contribution in [0.4, 0.5) is 0 Å². The minimum atomic E-state index is -2.81. The molecule has 3 atom stereocenters. The third-order valence-electron chi connectivity index (χ3n) is 5.34. The van der Waals surface area contributed by atoms with Gasteiger partial charge in [0, 0.05) is 31.2 Å². The molecule has 0 spiro atoms. The van der Waals surface area contributed by atoms with Crippen LogP contribution in [-0.2, 0) is 9.84 Å². The lowest BCUT2D eigenvalue weighted by Crippen LogP contribution is -2.64. The maximum absolute atomic E-state index is 12.0. The highest BCUT2D eigenvalue weighted by Gasteiger charge is 2.46. The lowest BCUT2D eigenvalue weighted by Gasteiger charge is -2.46. The molecule has 19 heavy (non-hydrogen) atoms. The summed E-state index contributed by atoms with van der Waals surface area (Å²) < 4.78 is 24.0. The van der Waals surface area contributed by atoms with Gasteiger partial charge in [-0.3, -0.25) is 4.90 Å². The fourth-order valence-corrected chi connectivity index (χ4v) is 5.55. The lowest BCUT2D eigenvalue weighted by molar-refractivity contribution is 0.0831. The smallest absolute Gasteiger partial charge is 0.154 e. The van der Waals surface area contributed by atoms with E-state index in [-0.39, 0.29) is 10.8 Å². The van der Waals surface area contributed by atoms with Crippen LogP contribution in [0, 0.1) is 5.92 Å². The average Bonchev–Trinajstić information content (AvgIpc) is 3.13. The van der Waals surface area contributed by atoms with Gasteiger partial charge in [-0.25, -0.2) is 8.42 Å². The van der Waals surface area contributed by atoms with Gasteiger partial charge in [0.2, 0.25) is 0 Å². The third kappa shape index (κ3) is 2.69. The van der Waals surface area contributed by atoms with E-state index in [9.17, 15) is 8.42 Å². The molecule has 2 heterocycles. The molecule has 0 aromatic heterocycles. The second-order valence-corrected chi connectivity index (χ2v) is 9.38. The predicted molar refractivity (Wildman–Crippen MR) is 77.0 cm³/mol. The summed E-state index contributed by atoms with van der Waals surface area (Å²) in [5.41, 5.74) is 0.203. The fraction of sp³-hybridized carbons (Fsp3) is 1.00. The topological polar surface area (TPSA) is 49.4 Å². The molecular formula is C14H26N2O2S. The van der Waals surface area contributed by atoms with E-state index in [1.807, 2.05) is 0 Å². The molecule has 0 amide bonds. The Bertz CT molecular complexity index is 446. The Balaban J connectivity index is 1.68. The van der Waals surface area contributed by atoms with Crippen molar-refractivity contribution in [2.75, 3.05) is 25.4 Å². The summed E-state index contributed by atoms with van der Waals surface area (Å²) in [6.45, 7) is 7.26. The monoisotopic (exact) mass is 286 g/mol. The van der Waals surface area contributed by atoms with Crippen LogP contribution < -0.4 is 5.32 Å². The average molecular weight is 286 g/mol. The second-order valence-electron chi connectivity index (χ2n) is 6.98. The van der Waals surface area contributed by atoms with Gasteiger partial charge in [0.15, 0.2) is 9.84 Å². The van der Waals surface area contributed by atoms with Crippen LogP contribution in [0.1, 0.15) is 39.5 Å². The van der Waals surface area contributed by atoms with Crippen LogP contribution in [0.15, 0.2) is 0 Å². The standard InChI is InChI=1S/C14H26N2O2S/c1-11-8-15-14(2,12-5-6-12)10-16(11)9-13-4-3-7-19(13,17)18/h11-13,15H,3-10H2,1-2H3. The largest absolute Gasteiger partial charge is 0.308 e. The van der Waals surface area contributed by atoms with Gasteiger partial charge in [-0.1, -0.05) is 0 Å². The summed E-state index contributed by atoms with van der Waals surface area (Å²) in [4.78, 5) is 2.42. The van der Waals surface area contributed by atoms with Crippen molar-refractivity contribution in [1.29, 1.82) is 0 Å². The summed E-state index contributed by atoms with van der Waals surface area (Å²) in [6.07, 6.45) is 4.37. The zero-order valence-electron chi connectivity index (χ0n) is 12.1. The van der Waals surface area contributed by atoms with Gasteiger partial charge < -0.3 is 5.32 Å². The highest BCUT2D eigenvalue weighted by molar-refractivity contribution is 7.92. The van der Waals surface area contributed by atoms with Gasteiger partial charge in [0.25, 0.3) is 0 Å². The van der Waals surface area contributed by atoms with E-state index in [4.69, 9.17) is 0 Å². The van der Waals surface area contributed by atoms with Gasteiger partial charge >= 0.3 is 0 Å². The molecule has 3 unspecified atom stereocenters. The molecule has 2 saturated heterocycles. The predicted octanol–water partition coefficient (Wildman–Crippen LogP) is 1.03. The summed E-state index contributed by atoms with van der Waals surface area (Å²) >= 11 is 0. The number of nitrogens with zero attached hydrogens (tertiary/aromatic N) is 1. The normalized spacial score (nSPS) is 43.5. The lowest BCUT2D eigenvalue weighted by atomic mass is 9.91. The Hall–Kier alpha value is -0.130. The van der Waals surface area contributed by atoms with E-state index in [0.29, 0.717) is 11.8 Å². The maximum Gasteiger partial charge on any atom is 0.154 e. The summed E-state index contributed by atoms with van der Waals surface area (Å²) in [6, 6.07) is 0.447. The first-order chi connectivity index (χ1) is 8.91. The molecule has 5 heteroatoms. The molecule has 0 radical (unpaired) electrons. The second kappa shape index (κ2) is 4.71. The van der Waals surface area contributed by atoms with Crippen molar-refractivity contribution in [3.05, 3.63) is 0 Å². The Morgan fingerprint density at radius 2 is 2.05 bits per heavy atom. The van der Waals surface area contributed by atoms with Gasteiger partial charge in [0.05, 0.1) is 11.0 Å². The zero-order valence-corrected chi connectivity index (χ0v) is 12.9. The Kier molecular flexibility index (Phi) is 3.43. The van der Waals surface area contributed by atoms with Gasteiger partial charge in [0.1, 0.15) is 0 Å². The van der Waals surface area contributed by atoms with Crippen molar-refractivity contribution >= 4 is 9.84 Å². The fourth-order valence-electron chi connectivity index (χ4n) is 3.71. The molecule has 1 N–H and O–H groups in total. The molecule has 1 saturated carbocycles. The highest BCUT2D eigenvalue weighted by atomic mass is 32.2. The number of nitrogens with one attached hydrogen (secondary N) is 1. The number of sulfone groups is 1. The molecule has 0 aromatic carbocycles. The molecule has 1 aliphatic carbocycles. The number of piperazine rings is 1. The Labute approximate surface area is 116 Å². The van der Waals surface area contributed by atoms with Crippen molar-refractivity contribution in [3.63, 3.8) is 0 Å². The Morgan fingerprint density at radius 3 is 2.63 bits per heavy atom. The van der Waals surface area contributed by atoms with Crippen molar-refractivity contribution in [2.45, 2.75) is 56.4 Å². The number of hydrogen-bond donors (Lipinski definition) is 1. The highest BCUT2D eigenvalue weighted by Crippen LogP contribution is 2.41. The van der Waals surface area contributed by atoms with E-state index in [1.54, 1.807) is 0 Å². The minimum Gasteiger partial charge on any atom is -0.308 e. The van der Waals surface area contributed by atoms with Crippen molar-refractivity contribution in [2.24, 2.45) is 5.92 Å². The molecule has 3 rings (SSSR count). The van der Waals surface area contributed by atoms with Crippen LogP contribution in [0.25, 0.3) is 0 Å². The van der Waals surface area contributed by atoms with Crippen LogP contribution >= 0.6 is 0 Å². The SMILES string of the molecule is CC1CNC(C)(C2CC2)CN1CC1CCCS1(=O)=O. The van der Waals surface area contributed by atoms with Gasteiger partial charge in [-0.15, -0.1) is 0 Å². The van der Waals surface area contributed by atoms with Crippen LogP contribution in [-0.4, -0.2) is 55.5 Å². The summed E-state index contributed by atoms with van der Waals surface area (Å²) in [5, 5.41) is 3.58. The van der Waals surface area contributed by atoms with Crippen molar-refractivity contribution < 1.29 is 8.42 Å². The van der Waals surface area contributed by atoms with E-state index in [1.165, 1.54) is 12.8 Å². The molecule has 4 nitrogen and oxygen atoms in total. The molecule has 2 aliphatic heterocycles. The first kappa shape index (κ1) is 13.8. The van der Waals surface area contributed by atoms with Gasteiger partial charge in [-0.2, -0.15) is 0 Å². The quantitative estimate of drug-likeness (QED) is 0.842. The Morgan fingerprint density at radius 1 is 1.32 bits per heavy atom. The molecule has 110 valence electrons. The molecular weight excluding hydrogens is 260 g/mol. The minimum absolute atomic E-state index is 0.114. The number of hydrogen-bond acceptors (Lipinski definition) is 4. The first-order valence-corrected chi connectivity index (χ1v) is 9.33. The zero-order chi connectivity index (χ0) is 13.7. The molecule has 0 aromatic rings. The summed E-state index contributed by atoms with van der Waals surface area (Å²) in [5.74, 6) is 1.19. The van der Waals surface area contributed by atoms with Crippen molar-refractivity contribution in [1.82, 2.24) is 10.2 Å². The molecule has 3 fully saturated rings. The van der Waals surface area contributed by atoms with Crippen LogP contribution in [0.5, 0.6) is 0 Å². The molecule has 0 bridgehead atoms.